The number of halogens is 3. The number of methoxy groups -OCH3 is 1. The van der Waals surface area contributed by atoms with Crippen LogP contribution < -0.4 is 0 Å². The summed E-state index contributed by atoms with van der Waals surface area (Å²) in [5.41, 5.74) is 1.13. The van der Waals surface area contributed by atoms with Crippen molar-refractivity contribution in [3.05, 3.63) is 45.4 Å². The van der Waals surface area contributed by atoms with Gasteiger partial charge in [0.2, 0.25) is 0 Å². The number of carbonyl (C=O) groups excluding carboxylic acids is 1. The van der Waals surface area contributed by atoms with Crippen molar-refractivity contribution >= 4 is 17.3 Å². The molecule has 2 rings (SSSR count). The summed E-state index contributed by atoms with van der Waals surface area (Å²) < 4.78 is 44.0. The molecule has 1 aromatic carbocycles. The average molecular weight is 286 g/mol. The number of benzene rings is 1. The number of thiophene rings is 1. The maximum absolute atomic E-state index is 13.3. The number of hydrogen-bond acceptors (Lipinski definition) is 3. The van der Waals surface area contributed by atoms with Gasteiger partial charge in [0.05, 0.1) is 7.11 Å². The molecular formula is C13H9F3O2S. The summed E-state index contributed by atoms with van der Waals surface area (Å²) in [4.78, 5) is 11.8. The third-order valence-corrected chi connectivity index (χ3v) is 3.70. The van der Waals surface area contributed by atoms with Crippen LogP contribution >= 0.6 is 11.3 Å². The first-order valence-corrected chi connectivity index (χ1v) is 6.15. The molecule has 0 saturated carbocycles. The van der Waals surface area contributed by atoms with Gasteiger partial charge in [-0.1, -0.05) is 0 Å². The topological polar surface area (TPSA) is 26.3 Å². The summed E-state index contributed by atoms with van der Waals surface area (Å²) in [5, 5.41) is 1.67. The maximum Gasteiger partial charge on any atom is 0.348 e. The summed E-state index contributed by atoms with van der Waals surface area (Å²) in [7, 11) is 1.22. The Hall–Kier alpha value is -1.82. The molecule has 0 unspecified atom stereocenters. The highest BCUT2D eigenvalue weighted by atomic mass is 32.1. The van der Waals surface area contributed by atoms with E-state index in [0.29, 0.717) is 11.1 Å². The van der Waals surface area contributed by atoms with Gasteiger partial charge in [-0.05, 0) is 35.6 Å². The molecule has 0 radical (unpaired) electrons. The van der Waals surface area contributed by atoms with Crippen LogP contribution in [0.1, 0.15) is 15.2 Å². The van der Waals surface area contributed by atoms with Crippen LogP contribution in [0.15, 0.2) is 17.5 Å². The Morgan fingerprint density at radius 2 is 1.79 bits per heavy atom. The van der Waals surface area contributed by atoms with Crippen LogP contribution in [0.25, 0.3) is 11.1 Å². The van der Waals surface area contributed by atoms with Crippen molar-refractivity contribution in [1.29, 1.82) is 0 Å². The predicted octanol–water partition coefficient (Wildman–Crippen LogP) is 3.93. The maximum atomic E-state index is 13.3. The zero-order valence-electron chi connectivity index (χ0n) is 10.1. The van der Waals surface area contributed by atoms with E-state index < -0.39 is 23.4 Å². The number of hydrogen-bond donors (Lipinski definition) is 0. The lowest BCUT2D eigenvalue weighted by Gasteiger charge is -2.06. The van der Waals surface area contributed by atoms with Crippen LogP contribution in [-0.4, -0.2) is 13.1 Å². The van der Waals surface area contributed by atoms with Gasteiger partial charge in [-0.25, -0.2) is 18.0 Å². The van der Waals surface area contributed by atoms with Gasteiger partial charge in [-0.15, -0.1) is 11.3 Å². The van der Waals surface area contributed by atoms with Crippen LogP contribution in [-0.2, 0) is 4.74 Å². The Balaban J connectivity index is 2.65. The molecule has 0 fully saturated rings. The fourth-order valence-electron chi connectivity index (χ4n) is 1.75. The fraction of sp³-hybridized carbons (Fsp3) is 0.154. The summed E-state index contributed by atoms with van der Waals surface area (Å²) in [6.45, 7) is 1.69. The standard InChI is InChI=1S/C13H9F3O2S/c1-6-5-19-12(13(17)18-2)10(6)7-3-8(14)11(16)9(15)4-7/h3-5H,1-2H3. The number of aryl methyl sites for hydroxylation is 1. The van der Waals surface area contributed by atoms with Gasteiger partial charge in [-0.3, -0.25) is 0 Å². The van der Waals surface area contributed by atoms with Crippen molar-refractivity contribution < 1.29 is 22.7 Å². The van der Waals surface area contributed by atoms with E-state index in [1.54, 1.807) is 12.3 Å². The third kappa shape index (κ3) is 2.35. The van der Waals surface area contributed by atoms with Crippen LogP contribution in [0.3, 0.4) is 0 Å². The molecule has 0 aliphatic carbocycles. The lowest BCUT2D eigenvalue weighted by Crippen LogP contribution is -2.01. The fourth-order valence-corrected chi connectivity index (χ4v) is 2.73. The SMILES string of the molecule is COC(=O)c1scc(C)c1-c1cc(F)c(F)c(F)c1. The lowest BCUT2D eigenvalue weighted by atomic mass is 10.0. The monoisotopic (exact) mass is 286 g/mol. The van der Waals surface area contributed by atoms with Gasteiger partial charge in [0.25, 0.3) is 0 Å². The van der Waals surface area contributed by atoms with E-state index in [4.69, 9.17) is 0 Å². The minimum absolute atomic E-state index is 0.107. The van der Waals surface area contributed by atoms with Crippen molar-refractivity contribution in [1.82, 2.24) is 0 Å². The van der Waals surface area contributed by atoms with Crippen LogP contribution in [0.2, 0.25) is 0 Å². The van der Waals surface area contributed by atoms with E-state index in [1.165, 1.54) is 7.11 Å². The minimum atomic E-state index is -1.53. The van der Waals surface area contributed by atoms with Gasteiger partial charge in [0.1, 0.15) is 4.88 Å². The molecule has 100 valence electrons. The van der Waals surface area contributed by atoms with E-state index in [0.717, 1.165) is 23.5 Å². The molecule has 0 amide bonds. The quantitative estimate of drug-likeness (QED) is 0.617. The summed E-state index contributed by atoms with van der Waals surface area (Å²) in [6.07, 6.45) is 0. The second-order valence-electron chi connectivity index (χ2n) is 3.87. The van der Waals surface area contributed by atoms with E-state index in [9.17, 15) is 18.0 Å². The van der Waals surface area contributed by atoms with Gasteiger partial charge < -0.3 is 4.74 Å². The summed E-state index contributed by atoms with van der Waals surface area (Å²) in [5.74, 6) is -4.72. The predicted molar refractivity (Wildman–Crippen MR) is 65.7 cm³/mol. The van der Waals surface area contributed by atoms with Gasteiger partial charge >= 0.3 is 5.97 Å². The van der Waals surface area contributed by atoms with Gasteiger partial charge in [-0.2, -0.15) is 0 Å². The Morgan fingerprint density at radius 3 is 2.32 bits per heavy atom. The molecule has 0 atom stereocenters. The highest BCUT2D eigenvalue weighted by molar-refractivity contribution is 7.12. The molecule has 1 heterocycles. The zero-order chi connectivity index (χ0) is 14.2. The second kappa shape index (κ2) is 5.05. The lowest BCUT2D eigenvalue weighted by molar-refractivity contribution is 0.0607. The number of ether oxygens (including phenoxy) is 1. The first-order valence-electron chi connectivity index (χ1n) is 5.27. The molecule has 0 bridgehead atoms. The van der Waals surface area contributed by atoms with E-state index in [1.807, 2.05) is 0 Å². The van der Waals surface area contributed by atoms with Crippen molar-refractivity contribution in [3.63, 3.8) is 0 Å². The molecule has 1 aromatic heterocycles. The summed E-state index contributed by atoms with van der Waals surface area (Å²) >= 11 is 1.11. The zero-order valence-corrected chi connectivity index (χ0v) is 10.9. The molecule has 0 saturated heterocycles. The van der Waals surface area contributed by atoms with E-state index >= 15 is 0 Å². The van der Waals surface area contributed by atoms with Crippen LogP contribution in [0.5, 0.6) is 0 Å². The van der Waals surface area contributed by atoms with Gasteiger partial charge in [0.15, 0.2) is 17.5 Å². The van der Waals surface area contributed by atoms with Crippen molar-refractivity contribution in [2.75, 3.05) is 7.11 Å². The molecule has 6 heteroatoms. The average Bonchev–Trinajstić information content (AvgIpc) is 2.76. The Morgan fingerprint density at radius 1 is 1.21 bits per heavy atom. The first-order chi connectivity index (χ1) is 8.95. The molecule has 2 nitrogen and oxygen atoms in total. The Bertz CT molecular complexity index is 626. The smallest absolute Gasteiger partial charge is 0.348 e. The second-order valence-corrected chi connectivity index (χ2v) is 4.75. The van der Waals surface area contributed by atoms with E-state index in [2.05, 4.69) is 4.74 Å². The first kappa shape index (κ1) is 13.6. The van der Waals surface area contributed by atoms with Crippen molar-refractivity contribution in [2.24, 2.45) is 0 Å². The highest BCUT2D eigenvalue weighted by Gasteiger charge is 2.20. The van der Waals surface area contributed by atoms with Gasteiger partial charge in [0, 0.05) is 5.56 Å². The highest BCUT2D eigenvalue weighted by Crippen LogP contribution is 2.34. The molecule has 0 aliphatic heterocycles. The minimum Gasteiger partial charge on any atom is -0.465 e. The molecule has 19 heavy (non-hydrogen) atoms. The number of esters is 1. The van der Waals surface area contributed by atoms with Crippen molar-refractivity contribution in [3.8, 4) is 11.1 Å². The molecule has 2 aromatic rings. The summed E-state index contributed by atoms with van der Waals surface area (Å²) in [6, 6.07) is 1.72. The van der Waals surface area contributed by atoms with E-state index in [-0.39, 0.29) is 10.4 Å². The molecule has 0 aliphatic rings. The number of rotatable bonds is 2. The van der Waals surface area contributed by atoms with Crippen molar-refractivity contribution in [2.45, 2.75) is 6.92 Å². The van der Waals surface area contributed by atoms with Crippen LogP contribution in [0, 0.1) is 24.4 Å². The Kier molecular flexibility index (Phi) is 3.61. The van der Waals surface area contributed by atoms with Crippen LogP contribution in [0.4, 0.5) is 13.2 Å². The number of carbonyl (C=O) groups is 1. The normalized spacial score (nSPS) is 10.6. The third-order valence-electron chi connectivity index (χ3n) is 2.62. The largest absolute Gasteiger partial charge is 0.465 e. The molecular weight excluding hydrogens is 277 g/mol. The molecule has 0 N–H and O–H groups in total. The Labute approximate surface area is 111 Å². The molecule has 0 spiro atoms.